The highest BCUT2D eigenvalue weighted by molar-refractivity contribution is 5.94. The number of furan rings is 1. The van der Waals surface area contributed by atoms with Crippen LogP contribution in [-0.4, -0.2) is 12.5 Å². The van der Waals surface area contributed by atoms with Crippen molar-refractivity contribution in [3.63, 3.8) is 0 Å². The van der Waals surface area contributed by atoms with E-state index in [0.717, 1.165) is 30.0 Å². The lowest BCUT2D eigenvalue weighted by Gasteiger charge is -2.42. The smallest absolute Gasteiger partial charge is 0.224 e. The Labute approximate surface area is 123 Å². The number of anilines is 1. The van der Waals surface area contributed by atoms with Gasteiger partial charge in [0.25, 0.3) is 0 Å². The molecular weight excluding hydrogens is 266 g/mol. The van der Waals surface area contributed by atoms with Crippen LogP contribution in [0.25, 0.3) is 0 Å². The molecule has 3 unspecified atom stereocenters. The van der Waals surface area contributed by atoms with Crippen LogP contribution >= 0.6 is 0 Å². The zero-order chi connectivity index (χ0) is 14.4. The molecule has 0 N–H and O–H groups in total. The Morgan fingerprint density at radius 3 is 2.86 bits per heavy atom. The summed E-state index contributed by atoms with van der Waals surface area (Å²) in [4.78, 5) is 14.2. The highest BCUT2D eigenvalue weighted by Crippen LogP contribution is 2.52. The van der Waals surface area contributed by atoms with E-state index < -0.39 is 0 Å². The zero-order valence-electron chi connectivity index (χ0n) is 11.9. The van der Waals surface area contributed by atoms with E-state index in [1.54, 1.807) is 13.2 Å². The summed E-state index contributed by atoms with van der Waals surface area (Å²) in [6.07, 6.45) is 2.65. The summed E-state index contributed by atoms with van der Waals surface area (Å²) in [6, 6.07) is 11.8. The first-order chi connectivity index (χ1) is 10.3. The molecule has 3 heterocycles. The first-order valence-corrected chi connectivity index (χ1v) is 7.31. The maximum absolute atomic E-state index is 12.3. The average molecular weight is 283 g/mol. The molecule has 2 aliphatic heterocycles. The lowest BCUT2D eigenvalue weighted by molar-refractivity contribution is -0.117. The Bertz CT molecular complexity index is 664. The molecule has 0 spiro atoms. The lowest BCUT2D eigenvalue weighted by Crippen LogP contribution is -2.42. The van der Waals surface area contributed by atoms with Crippen LogP contribution in [0.4, 0.5) is 5.69 Å². The van der Waals surface area contributed by atoms with Crippen LogP contribution in [-0.2, 0) is 9.53 Å². The van der Waals surface area contributed by atoms with Crippen molar-refractivity contribution in [1.82, 2.24) is 0 Å². The third-order valence-corrected chi connectivity index (χ3v) is 4.50. The van der Waals surface area contributed by atoms with Gasteiger partial charge in [0.15, 0.2) is 0 Å². The largest absolute Gasteiger partial charge is 0.467 e. The highest BCUT2D eigenvalue weighted by Gasteiger charge is 2.47. The van der Waals surface area contributed by atoms with E-state index in [1.807, 2.05) is 35.2 Å². The predicted molar refractivity (Wildman–Crippen MR) is 77.9 cm³/mol. The van der Waals surface area contributed by atoms with Gasteiger partial charge in [0, 0.05) is 25.0 Å². The van der Waals surface area contributed by atoms with Crippen LogP contribution in [0.2, 0.25) is 0 Å². The predicted octanol–water partition coefficient (Wildman–Crippen LogP) is 3.47. The molecule has 1 aromatic heterocycles. The van der Waals surface area contributed by atoms with Gasteiger partial charge in [-0.2, -0.15) is 0 Å². The van der Waals surface area contributed by atoms with Gasteiger partial charge in [0.2, 0.25) is 5.91 Å². The van der Waals surface area contributed by atoms with Gasteiger partial charge in [-0.05, 0) is 24.6 Å². The van der Waals surface area contributed by atoms with E-state index in [2.05, 4.69) is 6.07 Å². The fraction of sp³-hybridized carbons (Fsp3) is 0.353. The number of carbonyl (C=O) groups is 1. The maximum Gasteiger partial charge on any atom is 0.224 e. The molecule has 4 nitrogen and oxygen atoms in total. The van der Waals surface area contributed by atoms with Gasteiger partial charge in [-0.25, -0.2) is 0 Å². The third-order valence-electron chi connectivity index (χ3n) is 4.50. The number of rotatable bonds is 1. The molecule has 2 aromatic rings. The SMILES string of the molecule is CC(=O)N1c2ccccc2C2OCCC2C1c1ccco1. The quantitative estimate of drug-likeness (QED) is 0.805. The summed E-state index contributed by atoms with van der Waals surface area (Å²) in [6.45, 7) is 2.34. The van der Waals surface area contributed by atoms with Crippen molar-refractivity contribution in [3.8, 4) is 0 Å². The normalized spacial score (nSPS) is 27.3. The molecule has 21 heavy (non-hydrogen) atoms. The second-order valence-corrected chi connectivity index (χ2v) is 5.65. The van der Waals surface area contributed by atoms with Gasteiger partial charge in [-0.1, -0.05) is 18.2 Å². The molecule has 4 heteroatoms. The highest BCUT2D eigenvalue weighted by atomic mass is 16.5. The fourth-order valence-corrected chi connectivity index (χ4v) is 3.70. The van der Waals surface area contributed by atoms with Gasteiger partial charge < -0.3 is 14.1 Å². The van der Waals surface area contributed by atoms with Crippen LogP contribution in [0.15, 0.2) is 47.1 Å². The van der Waals surface area contributed by atoms with Crippen molar-refractivity contribution in [3.05, 3.63) is 54.0 Å². The van der Waals surface area contributed by atoms with Crippen molar-refractivity contribution in [1.29, 1.82) is 0 Å². The monoisotopic (exact) mass is 283 g/mol. The number of fused-ring (bicyclic) bond motifs is 3. The van der Waals surface area contributed by atoms with Gasteiger partial charge in [0.05, 0.1) is 18.1 Å². The molecule has 0 radical (unpaired) electrons. The van der Waals surface area contributed by atoms with E-state index in [9.17, 15) is 4.79 Å². The molecule has 108 valence electrons. The average Bonchev–Trinajstić information content (AvgIpc) is 3.17. The molecule has 1 saturated heterocycles. The number of amides is 1. The second-order valence-electron chi connectivity index (χ2n) is 5.65. The van der Waals surface area contributed by atoms with Crippen molar-refractivity contribution in [2.24, 2.45) is 5.92 Å². The summed E-state index contributed by atoms with van der Waals surface area (Å²) in [5.41, 5.74) is 2.05. The first kappa shape index (κ1) is 12.7. The minimum Gasteiger partial charge on any atom is -0.467 e. The Morgan fingerprint density at radius 1 is 1.24 bits per heavy atom. The van der Waals surface area contributed by atoms with Crippen LogP contribution in [0, 0.1) is 5.92 Å². The number of para-hydroxylation sites is 1. The minimum atomic E-state index is -0.0834. The van der Waals surface area contributed by atoms with Gasteiger partial charge in [-0.15, -0.1) is 0 Å². The van der Waals surface area contributed by atoms with Crippen LogP contribution in [0.1, 0.15) is 36.8 Å². The van der Waals surface area contributed by atoms with E-state index in [1.165, 1.54) is 0 Å². The summed E-state index contributed by atoms with van der Waals surface area (Å²) < 4.78 is 11.6. The third kappa shape index (κ3) is 1.83. The van der Waals surface area contributed by atoms with Gasteiger partial charge in [0.1, 0.15) is 11.8 Å². The van der Waals surface area contributed by atoms with Crippen LogP contribution in [0.5, 0.6) is 0 Å². The van der Waals surface area contributed by atoms with Crippen LogP contribution in [0.3, 0.4) is 0 Å². The molecule has 1 fully saturated rings. The van der Waals surface area contributed by atoms with Crippen molar-refractivity contribution < 1.29 is 13.9 Å². The molecule has 2 aliphatic rings. The Kier molecular flexibility index (Phi) is 2.86. The molecule has 3 atom stereocenters. The Hall–Kier alpha value is -2.07. The van der Waals surface area contributed by atoms with Gasteiger partial charge >= 0.3 is 0 Å². The van der Waals surface area contributed by atoms with Crippen molar-refractivity contribution in [2.45, 2.75) is 25.5 Å². The number of hydrogen-bond acceptors (Lipinski definition) is 3. The number of ether oxygens (including phenoxy) is 1. The van der Waals surface area contributed by atoms with Crippen LogP contribution < -0.4 is 4.90 Å². The zero-order valence-corrected chi connectivity index (χ0v) is 11.9. The van der Waals surface area contributed by atoms with E-state index >= 15 is 0 Å². The molecule has 4 rings (SSSR count). The van der Waals surface area contributed by atoms with Gasteiger partial charge in [-0.3, -0.25) is 4.79 Å². The fourth-order valence-electron chi connectivity index (χ4n) is 3.70. The molecule has 0 aliphatic carbocycles. The second kappa shape index (κ2) is 4.74. The van der Waals surface area contributed by atoms with E-state index in [-0.39, 0.29) is 24.0 Å². The number of benzene rings is 1. The number of hydrogen-bond donors (Lipinski definition) is 0. The molecular formula is C17H17NO3. The van der Waals surface area contributed by atoms with E-state index in [4.69, 9.17) is 9.15 Å². The minimum absolute atomic E-state index is 0.0363. The Balaban J connectivity index is 1.91. The maximum atomic E-state index is 12.3. The molecule has 0 saturated carbocycles. The van der Waals surface area contributed by atoms with Crippen molar-refractivity contribution in [2.75, 3.05) is 11.5 Å². The topological polar surface area (TPSA) is 42.7 Å². The summed E-state index contributed by atoms with van der Waals surface area (Å²) in [5, 5.41) is 0. The lowest BCUT2D eigenvalue weighted by atomic mass is 9.81. The van der Waals surface area contributed by atoms with E-state index in [0.29, 0.717) is 0 Å². The summed E-state index contributed by atoms with van der Waals surface area (Å²) in [5.74, 6) is 1.12. The standard InChI is InChI=1S/C17H17NO3/c1-11(19)18-14-6-3-2-5-12(14)17-13(8-10-21-17)16(18)15-7-4-9-20-15/h2-7,9,13,16-17H,8,10H2,1H3. The number of nitrogens with zero attached hydrogens (tertiary/aromatic N) is 1. The first-order valence-electron chi connectivity index (χ1n) is 7.31. The molecule has 1 aromatic carbocycles. The molecule has 0 bridgehead atoms. The molecule has 1 amide bonds. The van der Waals surface area contributed by atoms with Crippen molar-refractivity contribution >= 4 is 11.6 Å². The number of carbonyl (C=O) groups excluding carboxylic acids is 1. The Morgan fingerprint density at radius 2 is 2.10 bits per heavy atom. The summed E-state index contributed by atoms with van der Waals surface area (Å²) in [7, 11) is 0. The summed E-state index contributed by atoms with van der Waals surface area (Å²) >= 11 is 0.